The second-order valence-corrected chi connectivity index (χ2v) is 8.68. The molecule has 2 saturated heterocycles. The van der Waals surface area contributed by atoms with Gasteiger partial charge in [0, 0.05) is 37.3 Å². The summed E-state index contributed by atoms with van der Waals surface area (Å²) in [5.41, 5.74) is 4.07. The first-order valence-corrected chi connectivity index (χ1v) is 11.4. The fraction of sp³-hybridized carbons (Fsp3) is 0.458. The third-order valence-electron chi connectivity index (χ3n) is 6.54. The lowest BCUT2D eigenvalue weighted by Gasteiger charge is -2.31. The number of rotatable bonds is 5. The summed E-state index contributed by atoms with van der Waals surface area (Å²) in [5, 5.41) is 6.09. The summed E-state index contributed by atoms with van der Waals surface area (Å²) in [6, 6.07) is 7.76. The average Bonchev–Trinajstić information content (AvgIpc) is 3.51. The molecular formula is C24H29N5O3. The molecule has 5 rings (SSSR count). The number of hydrogen-bond donors (Lipinski definition) is 2. The van der Waals surface area contributed by atoms with Crippen LogP contribution in [0.4, 0.5) is 22.9 Å². The molecule has 3 aliphatic rings. The van der Waals surface area contributed by atoms with Crippen LogP contribution in [-0.2, 0) is 9.53 Å². The van der Waals surface area contributed by atoms with Crippen molar-refractivity contribution in [3.05, 3.63) is 41.6 Å². The van der Waals surface area contributed by atoms with Crippen LogP contribution in [0, 0.1) is 6.92 Å². The van der Waals surface area contributed by atoms with Crippen LogP contribution in [0.25, 0.3) is 0 Å². The van der Waals surface area contributed by atoms with E-state index in [1.54, 1.807) is 17.2 Å². The molecule has 1 aromatic heterocycles. The molecule has 0 aliphatic carbocycles. The third-order valence-corrected chi connectivity index (χ3v) is 6.54. The van der Waals surface area contributed by atoms with E-state index in [0.717, 1.165) is 43.8 Å². The Labute approximate surface area is 187 Å². The van der Waals surface area contributed by atoms with E-state index in [4.69, 9.17) is 4.74 Å². The van der Waals surface area contributed by atoms with E-state index < -0.39 is 0 Å². The van der Waals surface area contributed by atoms with Gasteiger partial charge in [0.1, 0.15) is 5.82 Å². The molecule has 3 aliphatic heterocycles. The van der Waals surface area contributed by atoms with Crippen LogP contribution in [-0.4, -0.2) is 55.7 Å². The van der Waals surface area contributed by atoms with Crippen LogP contribution in [0.2, 0.25) is 0 Å². The number of hydrogen-bond acceptors (Lipinski definition) is 6. The van der Waals surface area contributed by atoms with Gasteiger partial charge in [-0.3, -0.25) is 9.59 Å². The molecule has 0 spiro atoms. The summed E-state index contributed by atoms with van der Waals surface area (Å²) in [7, 11) is 0. The van der Waals surface area contributed by atoms with Gasteiger partial charge in [-0.1, -0.05) is 6.07 Å². The summed E-state index contributed by atoms with van der Waals surface area (Å²) < 4.78 is 5.72. The van der Waals surface area contributed by atoms with Crippen molar-refractivity contribution in [3.63, 3.8) is 0 Å². The number of nitrogens with one attached hydrogen (secondary N) is 2. The highest BCUT2D eigenvalue weighted by atomic mass is 16.5. The maximum Gasteiger partial charge on any atom is 0.257 e. The lowest BCUT2D eigenvalue weighted by atomic mass is 10.1. The first-order chi connectivity index (χ1) is 15.6. The largest absolute Gasteiger partial charge is 0.376 e. The molecule has 1 atom stereocenters. The second-order valence-electron chi connectivity index (χ2n) is 8.68. The number of pyridine rings is 1. The van der Waals surface area contributed by atoms with Gasteiger partial charge >= 0.3 is 0 Å². The highest BCUT2D eigenvalue weighted by Gasteiger charge is 2.30. The molecule has 2 N–H and O–H groups in total. The van der Waals surface area contributed by atoms with E-state index in [2.05, 4.69) is 26.6 Å². The Bertz CT molecular complexity index is 1030. The first kappa shape index (κ1) is 20.8. The number of carbonyl (C=O) groups is 2. The Morgan fingerprint density at radius 2 is 2.09 bits per heavy atom. The monoisotopic (exact) mass is 435 g/mol. The lowest BCUT2D eigenvalue weighted by molar-refractivity contribution is -0.117. The molecule has 8 heteroatoms. The van der Waals surface area contributed by atoms with Gasteiger partial charge in [0.15, 0.2) is 0 Å². The van der Waals surface area contributed by atoms with Gasteiger partial charge in [0.25, 0.3) is 5.91 Å². The van der Waals surface area contributed by atoms with E-state index in [1.165, 1.54) is 18.5 Å². The van der Waals surface area contributed by atoms with Crippen LogP contribution >= 0.6 is 0 Å². The summed E-state index contributed by atoms with van der Waals surface area (Å²) in [6.07, 6.45) is 5.93. The molecule has 2 amide bonds. The molecule has 0 radical (unpaired) electrons. The lowest BCUT2D eigenvalue weighted by Crippen LogP contribution is -2.44. The van der Waals surface area contributed by atoms with Gasteiger partial charge in [-0.2, -0.15) is 0 Å². The van der Waals surface area contributed by atoms with Gasteiger partial charge in [0.05, 0.1) is 30.4 Å². The minimum absolute atomic E-state index is 0.0263. The average molecular weight is 436 g/mol. The van der Waals surface area contributed by atoms with Gasteiger partial charge in [-0.15, -0.1) is 0 Å². The van der Waals surface area contributed by atoms with E-state index in [-0.39, 0.29) is 24.5 Å². The SMILES string of the molecule is Cc1c(NC(=O)c2cnc3c(c2)N(CC2CCCO2)C(=O)CN3)cccc1N1CCCC1. The van der Waals surface area contributed by atoms with Crippen LogP contribution in [0.1, 0.15) is 41.6 Å². The fourth-order valence-corrected chi connectivity index (χ4v) is 4.75. The van der Waals surface area contributed by atoms with Crippen molar-refractivity contribution >= 4 is 34.7 Å². The van der Waals surface area contributed by atoms with Crippen molar-refractivity contribution in [2.75, 3.05) is 53.2 Å². The molecular weight excluding hydrogens is 406 g/mol. The maximum absolute atomic E-state index is 13.1. The fourth-order valence-electron chi connectivity index (χ4n) is 4.75. The molecule has 1 unspecified atom stereocenters. The smallest absolute Gasteiger partial charge is 0.257 e. The van der Waals surface area contributed by atoms with Crippen molar-refractivity contribution in [1.82, 2.24) is 4.98 Å². The van der Waals surface area contributed by atoms with Crippen molar-refractivity contribution < 1.29 is 14.3 Å². The van der Waals surface area contributed by atoms with Gasteiger partial charge in [0.2, 0.25) is 5.91 Å². The Kier molecular flexibility index (Phi) is 5.70. The molecule has 1 aromatic carbocycles. The van der Waals surface area contributed by atoms with Crippen molar-refractivity contribution in [2.24, 2.45) is 0 Å². The molecule has 8 nitrogen and oxygen atoms in total. The summed E-state index contributed by atoms with van der Waals surface area (Å²) >= 11 is 0. The zero-order chi connectivity index (χ0) is 22.1. The minimum Gasteiger partial charge on any atom is -0.376 e. The third kappa shape index (κ3) is 4.02. The van der Waals surface area contributed by atoms with Crippen LogP contribution < -0.4 is 20.4 Å². The number of fused-ring (bicyclic) bond motifs is 1. The zero-order valence-electron chi connectivity index (χ0n) is 18.4. The Balaban J connectivity index is 1.37. The molecule has 2 aromatic rings. The number of carbonyl (C=O) groups excluding carboxylic acids is 2. The van der Waals surface area contributed by atoms with Gasteiger partial charge in [-0.25, -0.2) is 4.98 Å². The van der Waals surface area contributed by atoms with Gasteiger partial charge < -0.3 is 25.2 Å². The number of ether oxygens (including phenoxy) is 1. The molecule has 0 saturated carbocycles. The molecule has 32 heavy (non-hydrogen) atoms. The quantitative estimate of drug-likeness (QED) is 0.750. The Morgan fingerprint density at radius 3 is 2.88 bits per heavy atom. The number of amides is 2. The van der Waals surface area contributed by atoms with Crippen molar-refractivity contribution in [1.29, 1.82) is 0 Å². The number of nitrogens with zero attached hydrogens (tertiary/aromatic N) is 3. The van der Waals surface area contributed by atoms with Crippen molar-refractivity contribution in [3.8, 4) is 0 Å². The zero-order valence-corrected chi connectivity index (χ0v) is 18.4. The summed E-state index contributed by atoms with van der Waals surface area (Å²) in [6.45, 7) is 5.55. The first-order valence-electron chi connectivity index (χ1n) is 11.4. The van der Waals surface area contributed by atoms with E-state index in [0.29, 0.717) is 23.6 Å². The number of benzene rings is 1. The van der Waals surface area contributed by atoms with Crippen LogP contribution in [0.3, 0.4) is 0 Å². The predicted octanol–water partition coefficient (Wildman–Crippen LogP) is 3.18. The Morgan fingerprint density at radius 1 is 1.25 bits per heavy atom. The molecule has 168 valence electrons. The molecule has 0 bridgehead atoms. The number of aromatic nitrogens is 1. The maximum atomic E-state index is 13.1. The summed E-state index contributed by atoms with van der Waals surface area (Å²) in [5.74, 6) is 0.338. The standard InChI is InChI=1S/C24H29N5O3/c1-16-19(7-4-8-20(16)28-9-2-3-10-28)27-24(31)17-12-21-23(25-13-17)26-14-22(30)29(21)15-18-6-5-11-32-18/h4,7-8,12-13,18H,2-3,5-6,9-11,14-15H2,1H3,(H,25,26)(H,27,31). The van der Waals surface area contributed by atoms with Crippen LogP contribution in [0.15, 0.2) is 30.5 Å². The van der Waals surface area contributed by atoms with E-state index in [1.807, 2.05) is 19.1 Å². The Hall–Kier alpha value is -3.13. The normalized spacial score (nSPS) is 20.3. The van der Waals surface area contributed by atoms with Gasteiger partial charge in [-0.05, 0) is 56.4 Å². The topological polar surface area (TPSA) is 86.8 Å². The van der Waals surface area contributed by atoms with Crippen molar-refractivity contribution in [2.45, 2.75) is 38.7 Å². The summed E-state index contributed by atoms with van der Waals surface area (Å²) in [4.78, 5) is 34.2. The molecule has 2 fully saturated rings. The van der Waals surface area contributed by atoms with Crippen LogP contribution in [0.5, 0.6) is 0 Å². The number of anilines is 4. The second kappa shape index (κ2) is 8.78. The highest BCUT2D eigenvalue weighted by molar-refractivity contribution is 6.08. The highest BCUT2D eigenvalue weighted by Crippen LogP contribution is 2.32. The van der Waals surface area contributed by atoms with E-state index >= 15 is 0 Å². The molecule has 4 heterocycles. The minimum atomic E-state index is -0.239. The van der Waals surface area contributed by atoms with E-state index in [9.17, 15) is 9.59 Å². The predicted molar refractivity (Wildman–Crippen MR) is 125 cm³/mol.